The van der Waals surface area contributed by atoms with Crippen molar-refractivity contribution in [2.75, 3.05) is 20.1 Å². The molecule has 1 saturated heterocycles. The average Bonchev–Trinajstić information content (AvgIpc) is 2.26. The Morgan fingerprint density at radius 3 is 2.64 bits per heavy atom. The minimum absolute atomic E-state index is 0.750. The van der Waals surface area contributed by atoms with Crippen LogP contribution in [0.5, 0.6) is 0 Å². The van der Waals surface area contributed by atoms with Crippen LogP contribution in [0, 0.1) is 5.92 Å². The number of hydrogen-bond donors (Lipinski definition) is 1. The van der Waals surface area contributed by atoms with Crippen molar-refractivity contribution in [2.24, 2.45) is 5.92 Å². The lowest BCUT2D eigenvalue weighted by Crippen LogP contribution is -2.50. The summed E-state index contributed by atoms with van der Waals surface area (Å²) >= 11 is 0. The minimum Gasteiger partial charge on any atom is -0.317 e. The molecule has 1 aliphatic rings. The second kappa shape index (κ2) is 5.72. The SMILES string of the molecule is CCC1CN(C(C)CC)CCC1NC. The van der Waals surface area contributed by atoms with Crippen molar-refractivity contribution in [1.29, 1.82) is 0 Å². The van der Waals surface area contributed by atoms with E-state index in [4.69, 9.17) is 0 Å². The molecule has 0 aromatic carbocycles. The maximum absolute atomic E-state index is 3.46. The van der Waals surface area contributed by atoms with Crippen molar-refractivity contribution < 1.29 is 0 Å². The summed E-state index contributed by atoms with van der Waals surface area (Å²) in [5.74, 6) is 0.850. The van der Waals surface area contributed by atoms with Crippen LogP contribution < -0.4 is 5.32 Å². The first-order chi connectivity index (χ1) is 6.72. The second-order valence-corrected chi connectivity index (χ2v) is 4.60. The van der Waals surface area contributed by atoms with E-state index in [-0.39, 0.29) is 0 Å². The lowest BCUT2D eigenvalue weighted by atomic mass is 9.89. The predicted molar refractivity (Wildman–Crippen MR) is 62.6 cm³/mol. The van der Waals surface area contributed by atoms with Gasteiger partial charge in [0.05, 0.1) is 0 Å². The molecule has 1 fully saturated rings. The molecule has 3 atom stereocenters. The van der Waals surface area contributed by atoms with E-state index in [9.17, 15) is 0 Å². The molecule has 14 heavy (non-hydrogen) atoms. The summed E-state index contributed by atoms with van der Waals surface area (Å²) in [6.45, 7) is 9.52. The van der Waals surface area contributed by atoms with Crippen LogP contribution in [0.3, 0.4) is 0 Å². The first kappa shape index (κ1) is 12.0. The minimum atomic E-state index is 0.750. The Morgan fingerprint density at radius 2 is 2.14 bits per heavy atom. The Balaban J connectivity index is 2.47. The zero-order chi connectivity index (χ0) is 10.6. The Kier molecular flexibility index (Phi) is 4.90. The van der Waals surface area contributed by atoms with Gasteiger partial charge in [-0.1, -0.05) is 20.3 Å². The van der Waals surface area contributed by atoms with Crippen LogP contribution in [-0.2, 0) is 0 Å². The van der Waals surface area contributed by atoms with Crippen molar-refractivity contribution in [2.45, 2.75) is 52.1 Å². The molecule has 84 valence electrons. The van der Waals surface area contributed by atoms with Gasteiger partial charge in [0, 0.05) is 18.6 Å². The molecule has 0 radical (unpaired) electrons. The van der Waals surface area contributed by atoms with Crippen LogP contribution in [0.25, 0.3) is 0 Å². The number of piperidine rings is 1. The molecular formula is C12H26N2. The van der Waals surface area contributed by atoms with Gasteiger partial charge in [0.25, 0.3) is 0 Å². The van der Waals surface area contributed by atoms with Gasteiger partial charge in [-0.05, 0) is 39.3 Å². The second-order valence-electron chi connectivity index (χ2n) is 4.60. The fraction of sp³-hybridized carbons (Fsp3) is 1.00. The Hall–Kier alpha value is -0.0800. The molecule has 0 saturated carbocycles. The molecule has 0 amide bonds. The number of hydrogen-bond acceptors (Lipinski definition) is 2. The maximum Gasteiger partial charge on any atom is 0.0117 e. The van der Waals surface area contributed by atoms with Crippen LogP contribution in [0.4, 0.5) is 0 Å². The van der Waals surface area contributed by atoms with Gasteiger partial charge in [-0.3, -0.25) is 0 Å². The highest BCUT2D eigenvalue weighted by atomic mass is 15.2. The highest BCUT2D eigenvalue weighted by molar-refractivity contribution is 4.85. The van der Waals surface area contributed by atoms with E-state index in [2.05, 4.69) is 38.0 Å². The molecule has 0 aromatic heterocycles. The highest BCUT2D eigenvalue weighted by Crippen LogP contribution is 2.22. The molecule has 2 heteroatoms. The standard InChI is InChI=1S/C12H26N2/c1-5-10(3)14-8-7-12(13-4)11(6-2)9-14/h10-13H,5-9H2,1-4H3. The molecule has 0 bridgehead atoms. The van der Waals surface area contributed by atoms with Gasteiger partial charge in [0.2, 0.25) is 0 Å². The third kappa shape index (κ3) is 2.71. The molecule has 0 spiro atoms. The number of nitrogens with zero attached hydrogens (tertiary/aromatic N) is 1. The smallest absolute Gasteiger partial charge is 0.0117 e. The Labute approximate surface area is 89.1 Å². The van der Waals surface area contributed by atoms with Gasteiger partial charge in [-0.15, -0.1) is 0 Å². The van der Waals surface area contributed by atoms with Gasteiger partial charge in [0.15, 0.2) is 0 Å². The molecule has 0 aromatic rings. The molecule has 0 aliphatic carbocycles. The van der Waals surface area contributed by atoms with E-state index in [1.165, 1.54) is 32.4 Å². The van der Waals surface area contributed by atoms with E-state index in [0.29, 0.717) is 0 Å². The van der Waals surface area contributed by atoms with Crippen molar-refractivity contribution in [3.63, 3.8) is 0 Å². The third-order valence-electron chi connectivity index (χ3n) is 3.87. The summed E-state index contributed by atoms with van der Waals surface area (Å²) in [5.41, 5.74) is 0. The van der Waals surface area contributed by atoms with E-state index in [1.54, 1.807) is 0 Å². The van der Waals surface area contributed by atoms with Crippen LogP contribution in [-0.4, -0.2) is 37.1 Å². The molecule has 1 N–H and O–H groups in total. The van der Waals surface area contributed by atoms with Crippen LogP contribution in [0.15, 0.2) is 0 Å². The number of nitrogens with one attached hydrogen (secondary N) is 1. The van der Waals surface area contributed by atoms with Gasteiger partial charge in [0.1, 0.15) is 0 Å². The maximum atomic E-state index is 3.46. The zero-order valence-electron chi connectivity index (χ0n) is 10.2. The normalized spacial score (nSPS) is 31.7. The van der Waals surface area contributed by atoms with E-state index in [1.807, 2.05) is 0 Å². The average molecular weight is 198 g/mol. The van der Waals surface area contributed by atoms with Crippen molar-refractivity contribution in [3.05, 3.63) is 0 Å². The van der Waals surface area contributed by atoms with Crippen LogP contribution in [0.2, 0.25) is 0 Å². The Bertz CT molecular complexity index is 158. The van der Waals surface area contributed by atoms with Crippen molar-refractivity contribution in [3.8, 4) is 0 Å². The zero-order valence-corrected chi connectivity index (χ0v) is 10.2. The first-order valence-electron chi connectivity index (χ1n) is 6.14. The van der Waals surface area contributed by atoms with Gasteiger partial charge < -0.3 is 10.2 Å². The topological polar surface area (TPSA) is 15.3 Å². The van der Waals surface area contributed by atoms with Crippen LogP contribution >= 0.6 is 0 Å². The van der Waals surface area contributed by atoms with Crippen LogP contribution in [0.1, 0.15) is 40.0 Å². The summed E-state index contributed by atoms with van der Waals surface area (Å²) in [6.07, 6.45) is 3.90. The number of likely N-dealkylation sites (tertiary alicyclic amines) is 1. The molecule has 1 heterocycles. The summed E-state index contributed by atoms with van der Waals surface area (Å²) < 4.78 is 0. The highest BCUT2D eigenvalue weighted by Gasteiger charge is 2.28. The monoisotopic (exact) mass is 198 g/mol. The largest absolute Gasteiger partial charge is 0.317 e. The van der Waals surface area contributed by atoms with Gasteiger partial charge in [-0.2, -0.15) is 0 Å². The molecule has 2 nitrogen and oxygen atoms in total. The van der Waals surface area contributed by atoms with Gasteiger partial charge in [-0.25, -0.2) is 0 Å². The van der Waals surface area contributed by atoms with E-state index < -0.39 is 0 Å². The summed E-state index contributed by atoms with van der Waals surface area (Å²) in [6, 6.07) is 1.52. The number of rotatable bonds is 4. The summed E-state index contributed by atoms with van der Waals surface area (Å²) in [4.78, 5) is 2.65. The summed E-state index contributed by atoms with van der Waals surface area (Å²) in [5, 5.41) is 3.46. The van der Waals surface area contributed by atoms with E-state index in [0.717, 1.165) is 18.0 Å². The summed E-state index contributed by atoms with van der Waals surface area (Å²) in [7, 11) is 2.10. The van der Waals surface area contributed by atoms with Crippen molar-refractivity contribution >= 4 is 0 Å². The van der Waals surface area contributed by atoms with Gasteiger partial charge >= 0.3 is 0 Å². The van der Waals surface area contributed by atoms with Crippen molar-refractivity contribution in [1.82, 2.24) is 10.2 Å². The molecule has 3 unspecified atom stereocenters. The first-order valence-corrected chi connectivity index (χ1v) is 6.14. The fourth-order valence-corrected chi connectivity index (χ4v) is 2.51. The Morgan fingerprint density at radius 1 is 1.43 bits per heavy atom. The fourth-order valence-electron chi connectivity index (χ4n) is 2.51. The molecule has 1 aliphatic heterocycles. The lowest BCUT2D eigenvalue weighted by molar-refractivity contribution is 0.102. The molecular weight excluding hydrogens is 172 g/mol. The van der Waals surface area contributed by atoms with E-state index >= 15 is 0 Å². The molecule has 1 rings (SSSR count). The predicted octanol–water partition coefficient (Wildman–Crippen LogP) is 2.10. The quantitative estimate of drug-likeness (QED) is 0.744. The lowest BCUT2D eigenvalue weighted by Gasteiger charge is -2.41. The third-order valence-corrected chi connectivity index (χ3v) is 3.87.